The summed E-state index contributed by atoms with van der Waals surface area (Å²) in [5.41, 5.74) is 2.08. The lowest BCUT2D eigenvalue weighted by atomic mass is 10.2. The number of halogens is 1. The molecular formula is C18H22ClN3OS2. The van der Waals surface area contributed by atoms with Crippen molar-refractivity contribution in [2.75, 3.05) is 43.9 Å². The number of aromatic nitrogens is 1. The monoisotopic (exact) mass is 395 g/mol. The molecule has 2 aromatic rings. The minimum Gasteiger partial charge on any atom is -0.369 e. The number of thioether (sulfide) groups is 1. The van der Waals surface area contributed by atoms with Crippen LogP contribution in [0.25, 0.3) is 0 Å². The van der Waals surface area contributed by atoms with Crippen molar-refractivity contribution in [1.29, 1.82) is 0 Å². The zero-order chi connectivity index (χ0) is 17.8. The number of carbonyl (C=O) groups is 1. The lowest BCUT2D eigenvalue weighted by Crippen LogP contribution is -2.46. The second-order valence-corrected chi connectivity index (χ2v) is 8.57. The summed E-state index contributed by atoms with van der Waals surface area (Å²) in [7, 11) is 0. The molecule has 7 heteroatoms. The van der Waals surface area contributed by atoms with Crippen LogP contribution in [-0.4, -0.2) is 54.6 Å². The Labute approximate surface area is 162 Å². The Morgan fingerprint density at radius 2 is 1.92 bits per heavy atom. The minimum absolute atomic E-state index is 0.218. The van der Waals surface area contributed by atoms with Crippen molar-refractivity contribution in [2.24, 2.45) is 0 Å². The first-order valence-corrected chi connectivity index (χ1v) is 10.8. The Morgan fingerprint density at radius 1 is 1.24 bits per heavy atom. The molecule has 0 aliphatic carbocycles. The molecule has 1 aromatic carbocycles. The molecule has 0 spiro atoms. The van der Waals surface area contributed by atoms with Gasteiger partial charge in [0.15, 0.2) is 10.1 Å². The number of hydrogen-bond acceptors (Lipinski definition) is 6. The molecule has 0 radical (unpaired) electrons. The van der Waals surface area contributed by atoms with E-state index in [1.165, 1.54) is 17.0 Å². The van der Waals surface area contributed by atoms with E-state index in [2.05, 4.69) is 26.9 Å². The maximum Gasteiger partial charge on any atom is 0.176 e. The quantitative estimate of drug-likeness (QED) is 0.540. The van der Waals surface area contributed by atoms with Crippen LogP contribution in [-0.2, 0) is 0 Å². The highest BCUT2D eigenvalue weighted by atomic mass is 35.5. The highest BCUT2D eigenvalue weighted by Gasteiger charge is 2.20. The molecule has 1 saturated heterocycles. The molecule has 1 aliphatic rings. The van der Waals surface area contributed by atoms with Crippen molar-refractivity contribution >= 4 is 46.2 Å². The number of aryl methyl sites for hydroxylation is 1. The van der Waals surface area contributed by atoms with E-state index < -0.39 is 0 Å². The van der Waals surface area contributed by atoms with Crippen LogP contribution in [0.5, 0.6) is 0 Å². The van der Waals surface area contributed by atoms with Gasteiger partial charge in [0.1, 0.15) is 0 Å². The van der Waals surface area contributed by atoms with Crippen LogP contribution in [0.4, 0.5) is 5.69 Å². The van der Waals surface area contributed by atoms with Gasteiger partial charge in [0, 0.05) is 49.9 Å². The number of carbonyl (C=O) groups excluding carboxylic acids is 1. The van der Waals surface area contributed by atoms with Crippen LogP contribution in [0.3, 0.4) is 0 Å². The fourth-order valence-electron chi connectivity index (χ4n) is 2.97. The minimum atomic E-state index is 0.218. The largest absolute Gasteiger partial charge is 0.369 e. The zero-order valence-electron chi connectivity index (χ0n) is 14.5. The maximum absolute atomic E-state index is 12.5. The third-order valence-corrected chi connectivity index (χ3v) is 6.86. The first-order valence-electron chi connectivity index (χ1n) is 8.34. The van der Waals surface area contributed by atoms with E-state index in [9.17, 15) is 4.79 Å². The van der Waals surface area contributed by atoms with Crippen LogP contribution in [0.2, 0.25) is 5.02 Å². The molecule has 1 fully saturated rings. The fraction of sp³-hybridized carbons (Fsp3) is 0.444. The molecule has 4 nitrogen and oxygen atoms in total. The summed E-state index contributed by atoms with van der Waals surface area (Å²) in [6.07, 6.45) is 2.56. The van der Waals surface area contributed by atoms with Crippen molar-refractivity contribution in [3.8, 4) is 0 Å². The standard InChI is InChI=1S/C18H22ClN3OS2/c1-13-17(25-18(20-13)24-2)16(23)7-8-21-9-11-22(12-10-21)15-5-3-14(19)4-6-15/h3-6H,7-12H2,1-2H3. The van der Waals surface area contributed by atoms with Gasteiger partial charge in [-0.2, -0.15) is 0 Å². The molecule has 2 heterocycles. The van der Waals surface area contributed by atoms with Gasteiger partial charge in [0.2, 0.25) is 0 Å². The third kappa shape index (κ3) is 4.76. The zero-order valence-corrected chi connectivity index (χ0v) is 16.9. The van der Waals surface area contributed by atoms with Gasteiger partial charge in [-0.05, 0) is 37.4 Å². The van der Waals surface area contributed by atoms with Crippen LogP contribution in [0, 0.1) is 6.92 Å². The van der Waals surface area contributed by atoms with Gasteiger partial charge >= 0.3 is 0 Å². The summed E-state index contributed by atoms with van der Waals surface area (Å²) in [5, 5.41) is 0.767. The van der Waals surface area contributed by atoms with E-state index in [-0.39, 0.29) is 5.78 Å². The molecule has 0 amide bonds. The SMILES string of the molecule is CSc1nc(C)c(C(=O)CCN2CCN(c3ccc(Cl)cc3)CC2)s1. The van der Waals surface area contributed by atoms with Crippen molar-refractivity contribution in [2.45, 2.75) is 17.7 Å². The van der Waals surface area contributed by atoms with Crippen molar-refractivity contribution < 1.29 is 4.79 Å². The summed E-state index contributed by atoms with van der Waals surface area (Å²) >= 11 is 9.07. The lowest BCUT2D eigenvalue weighted by molar-refractivity contribution is 0.0965. The second-order valence-electron chi connectivity index (χ2n) is 6.08. The number of rotatable bonds is 6. The van der Waals surface area contributed by atoms with Gasteiger partial charge in [-0.3, -0.25) is 9.69 Å². The van der Waals surface area contributed by atoms with Crippen molar-refractivity contribution in [3.63, 3.8) is 0 Å². The smallest absolute Gasteiger partial charge is 0.176 e. The van der Waals surface area contributed by atoms with Gasteiger partial charge in [-0.25, -0.2) is 4.98 Å². The molecule has 25 heavy (non-hydrogen) atoms. The van der Waals surface area contributed by atoms with E-state index >= 15 is 0 Å². The molecule has 0 atom stereocenters. The van der Waals surface area contributed by atoms with E-state index in [0.717, 1.165) is 52.7 Å². The van der Waals surface area contributed by atoms with E-state index in [4.69, 9.17) is 11.6 Å². The van der Waals surface area contributed by atoms with E-state index in [0.29, 0.717) is 6.42 Å². The van der Waals surface area contributed by atoms with Crippen molar-refractivity contribution in [3.05, 3.63) is 39.9 Å². The number of benzene rings is 1. The molecule has 0 N–H and O–H groups in total. The average Bonchev–Trinajstić information content (AvgIpc) is 3.02. The van der Waals surface area contributed by atoms with E-state index in [1.54, 1.807) is 11.8 Å². The predicted molar refractivity (Wildman–Crippen MR) is 108 cm³/mol. The molecular weight excluding hydrogens is 374 g/mol. The fourth-order valence-corrected chi connectivity index (χ4v) is 4.68. The third-order valence-electron chi connectivity index (χ3n) is 4.42. The molecule has 3 rings (SSSR count). The second kappa shape index (κ2) is 8.54. The summed E-state index contributed by atoms with van der Waals surface area (Å²) in [4.78, 5) is 22.5. The van der Waals surface area contributed by atoms with Crippen LogP contribution in [0.15, 0.2) is 28.6 Å². The lowest BCUT2D eigenvalue weighted by Gasteiger charge is -2.36. The van der Waals surface area contributed by atoms with Crippen LogP contribution in [0.1, 0.15) is 21.8 Å². The number of thiazole rings is 1. The molecule has 134 valence electrons. The molecule has 0 bridgehead atoms. The number of anilines is 1. The number of hydrogen-bond donors (Lipinski definition) is 0. The topological polar surface area (TPSA) is 36.4 Å². The summed E-state index contributed by atoms with van der Waals surface area (Å²) < 4.78 is 0.970. The Bertz CT molecular complexity index is 724. The Balaban J connectivity index is 1.48. The van der Waals surface area contributed by atoms with Gasteiger partial charge in [0.05, 0.1) is 10.6 Å². The molecule has 0 saturated carbocycles. The Kier molecular flexibility index (Phi) is 6.39. The number of ketones is 1. The van der Waals surface area contributed by atoms with E-state index in [1.807, 2.05) is 25.3 Å². The van der Waals surface area contributed by atoms with Crippen LogP contribution < -0.4 is 4.90 Å². The Morgan fingerprint density at radius 3 is 2.52 bits per heavy atom. The van der Waals surface area contributed by atoms with Gasteiger partial charge < -0.3 is 4.90 Å². The summed E-state index contributed by atoms with van der Waals surface area (Å²) in [6.45, 7) is 6.66. The molecule has 1 aliphatic heterocycles. The van der Waals surface area contributed by atoms with Gasteiger partial charge in [-0.15, -0.1) is 11.3 Å². The van der Waals surface area contributed by atoms with Gasteiger partial charge in [-0.1, -0.05) is 23.4 Å². The number of nitrogens with zero attached hydrogens (tertiary/aromatic N) is 3. The summed E-state index contributed by atoms with van der Waals surface area (Å²) in [5.74, 6) is 0.218. The highest BCUT2D eigenvalue weighted by Crippen LogP contribution is 2.26. The first-order chi connectivity index (χ1) is 12.1. The normalized spacial score (nSPS) is 15.6. The molecule has 1 aromatic heterocycles. The number of piperazine rings is 1. The number of Topliss-reactive ketones (excluding diaryl/α,β-unsaturated/α-hetero) is 1. The predicted octanol–water partition coefficient (Wildman–Crippen LogP) is 4.22. The average molecular weight is 396 g/mol. The Hall–Kier alpha value is -1.08. The molecule has 0 unspecified atom stereocenters. The van der Waals surface area contributed by atoms with Gasteiger partial charge in [0.25, 0.3) is 0 Å². The van der Waals surface area contributed by atoms with Crippen LogP contribution >= 0.6 is 34.7 Å². The van der Waals surface area contributed by atoms with Crippen molar-refractivity contribution in [1.82, 2.24) is 9.88 Å². The first kappa shape index (κ1) is 18.7. The maximum atomic E-state index is 12.5. The highest BCUT2D eigenvalue weighted by molar-refractivity contribution is 8.00. The summed E-state index contributed by atoms with van der Waals surface area (Å²) in [6, 6.07) is 8.00.